The summed E-state index contributed by atoms with van der Waals surface area (Å²) in [5.74, 6) is 1.14. The maximum Gasteiger partial charge on any atom is 0.259 e. The average molecular weight is 344 g/mol. The van der Waals surface area contributed by atoms with Crippen molar-refractivity contribution < 1.29 is 9.21 Å². The largest absolute Gasteiger partial charge is 0.466 e. The molecule has 24 heavy (non-hydrogen) atoms. The van der Waals surface area contributed by atoms with E-state index in [2.05, 4.69) is 10.4 Å². The van der Waals surface area contributed by atoms with Crippen molar-refractivity contribution in [1.29, 1.82) is 0 Å². The van der Waals surface area contributed by atoms with Crippen LogP contribution in [0, 0.1) is 27.7 Å². The lowest BCUT2D eigenvalue weighted by Gasteiger charge is -2.07. The zero-order valence-corrected chi connectivity index (χ0v) is 14.7. The molecule has 1 aromatic carbocycles. The summed E-state index contributed by atoms with van der Waals surface area (Å²) in [6.45, 7) is 7.38. The van der Waals surface area contributed by atoms with Gasteiger partial charge in [0.05, 0.1) is 27.7 Å². The summed E-state index contributed by atoms with van der Waals surface area (Å²) in [5.41, 5.74) is 3.81. The van der Waals surface area contributed by atoms with E-state index in [0.29, 0.717) is 22.0 Å². The van der Waals surface area contributed by atoms with Gasteiger partial charge < -0.3 is 9.73 Å². The number of aryl methyl sites for hydroxylation is 3. The van der Waals surface area contributed by atoms with Crippen molar-refractivity contribution in [2.45, 2.75) is 27.7 Å². The zero-order valence-electron chi connectivity index (χ0n) is 14.0. The van der Waals surface area contributed by atoms with Gasteiger partial charge in [-0.05, 0) is 58.0 Å². The lowest BCUT2D eigenvalue weighted by Crippen LogP contribution is -2.12. The Labute approximate surface area is 145 Å². The molecule has 0 aliphatic rings. The van der Waals surface area contributed by atoms with Crippen LogP contribution in [0.4, 0.5) is 5.69 Å². The predicted molar refractivity (Wildman–Crippen MR) is 94.2 cm³/mol. The van der Waals surface area contributed by atoms with Gasteiger partial charge in [-0.25, -0.2) is 4.68 Å². The van der Waals surface area contributed by atoms with Crippen LogP contribution in [-0.4, -0.2) is 15.7 Å². The number of amides is 1. The highest BCUT2D eigenvalue weighted by Gasteiger charge is 2.14. The Bertz CT molecular complexity index is 907. The number of furan rings is 1. The van der Waals surface area contributed by atoms with Crippen LogP contribution in [-0.2, 0) is 0 Å². The molecule has 2 aromatic heterocycles. The molecule has 124 valence electrons. The van der Waals surface area contributed by atoms with Crippen LogP contribution < -0.4 is 5.32 Å². The number of nitrogens with zero attached hydrogens (tertiary/aromatic N) is 2. The molecule has 0 radical (unpaired) electrons. The number of rotatable bonds is 3. The molecule has 0 fully saturated rings. The molecule has 0 aliphatic heterocycles. The van der Waals surface area contributed by atoms with E-state index in [-0.39, 0.29) is 5.91 Å². The van der Waals surface area contributed by atoms with Gasteiger partial charge in [-0.2, -0.15) is 5.10 Å². The molecule has 6 heteroatoms. The first-order valence-electron chi connectivity index (χ1n) is 7.57. The maximum atomic E-state index is 12.3. The molecule has 0 bridgehead atoms. The summed E-state index contributed by atoms with van der Waals surface area (Å²) >= 11 is 6.18. The zero-order chi connectivity index (χ0) is 17.4. The smallest absolute Gasteiger partial charge is 0.259 e. The molecule has 0 atom stereocenters. The SMILES string of the molecule is Cc1cc(C(=O)Nc2ccc(-n3nc(C)c(Cl)c3C)cc2)c(C)o1. The summed E-state index contributed by atoms with van der Waals surface area (Å²) in [7, 11) is 0. The van der Waals surface area contributed by atoms with Gasteiger partial charge in [0.2, 0.25) is 0 Å². The number of aromatic nitrogens is 2. The Balaban J connectivity index is 1.81. The van der Waals surface area contributed by atoms with Gasteiger partial charge in [0.15, 0.2) is 0 Å². The highest BCUT2D eigenvalue weighted by molar-refractivity contribution is 6.31. The van der Waals surface area contributed by atoms with E-state index in [1.54, 1.807) is 17.7 Å². The maximum absolute atomic E-state index is 12.3. The molecular weight excluding hydrogens is 326 g/mol. The predicted octanol–water partition coefficient (Wildman–Crippen LogP) is 4.60. The number of benzene rings is 1. The minimum Gasteiger partial charge on any atom is -0.466 e. The van der Waals surface area contributed by atoms with E-state index < -0.39 is 0 Å². The molecule has 0 spiro atoms. The first-order chi connectivity index (χ1) is 11.4. The van der Waals surface area contributed by atoms with E-state index in [1.807, 2.05) is 45.0 Å². The van der Waals surface area contributed by atoms with Gasteiger partial charge in [0, 0.05) is 5.69 Å². The lowest BCUT2D eigenvalue weighted by atomic mass is 10.2. The van der Waals surface area contributed by atoms with Crippen LogP contribution in [0.25, 0.3) is 5.69 Å². The van der Waals surface area contributed by atoms with Crippen molar-refractivity contribution >= 4 is 23.2 Å². The first-order valence-corrected chi connectivity index (χ1v) is 7.95. The molecule has 1 N–H and O–H groups in total. The standard InChI is InChI=1S/C18H18ClN3O2/c1-10-9-16(13(4)24-10)18(23)20-14-5-7-15(8-6-14)22-12(3)17(19)11(2)21-22/h5-9H,1-4H3,(H,20,23). The van der Waals surface area contributed by atoms with E-state index in [0.717, 1.165) is 22.8 Å². The summed E-state index contributed by atoms with van der Waals surface area (Å²) in [4.78, 5) is 12.3. The third-order valence-corrected chi connectivity index (χ3v) is 4.41. The van der Waals surface area contributed by atoms with Crippen molar-refractivity contribution in [2.75, 3.05) is 5.32 Å². The van der Waals surface area contributed by atoms with Crippen LogP contribution in [0.15, 0.2) is 34.7 Å². The second-order valence-corrected chi connectivity index (χ2v) is 6.10. The minimum absolute atomic E-state index is 0.189. The molecule has 3 rings (SSSR count). The monoisotopic (exact) mass is 343 g/mol. The third-order valence-electron chi connectivity index (χ3n) is 3.86. The van der Waals surface area contributed by atoms with Crippen LogP contribution >= 0.6 is 11.6 Å². The number of anilines is 1. The van der Waals surface area contributed by atoms with Crippen LogP contribution in [0.5, 0.6) is 0 Å². The number of hydrogen-bond acceptors (Lipinski definition) is 3. The van der Waals surface area contributed by atoms with Gasteiger partial charge in [-0.15, -0.1) is 0 Å². The Morgan fingerprint density at radius 3 is 2.33 bits per heavy atom. The highest BCUT2D eigenvalue weighted by atomic mass is 35.5. The highest BCUT2D eigenvalue weighted by Crippen LogP contribution is 2.23. The lowest BCUT2D eigenvalue weighted by molar-refractivity contribution is 0.102. The van der Waals surface area contributed by atoms with Crippen LogP contribution in [0.1, 0.15) is 33.3 Å². The third kappa shape index (κ3) is 2.95. The Morgan fingerprint density at radius 2 is 1.83 bits per heavy atom. The van der Waals surface area contributed by atoms with Crippen LogP contribution in [0.2, 0.25) is 5.02 Å². The Morgan fingerprint density at radius 1 is 1.17 bits per heavy atom. The summed E-state index contributed by atoms with van der Waals surface area (Å²) in [6.07, 6.45) is 0. The first kappa shape index (κ1) is 16.3. The molecule has 5 nitrogen and oxygen atoms in total. The van der Waals surface area contributed by atoms with Crippen LogP contribution in [0.3, 0.4) is 0 Å². The van der Waals surface area contributed by atoms with Gasteiger partial charge in [0.1, 0.15) is 11.5 Å². The fraction of sp³-hybridized carbons (Fsp3) is 0.222. The fourth-order valence-corrected chi connectivity index (χ4v) is 2.73. The quantitative estimate of drug-likeness (QED) is 0.755. The molecule has 0 unspecified atom stereocenters. The van der Waals surface area contributed by atoms with E-state index in [1.165, 1.54) is 0 Å². The molecule has 3 aromatic rings. The van der Waals surface area contributed by atoms with E-state index in [9.17, 15) is 4.79 Å². The van der Waals surface area contributed by atoms with Crippen molar-refractivity contribution in [3.05, 3.63) is 63.8 Å². The van der Waals surface area contributed by atoms with Crippen molar-refractivity contribution in [3.63, 3.8) is 0 Å². The molecular formula is C18H18ClN3O2. The Kier molecular flexibility index (Phi) is 4.20. The molecule has 1 amide bonds. The normalized spacial score (nSPS) is 10.9. The number of halogens is 1. The van der Waals surface area contributed by atoms with Crippen molar-refractivity contribution in [2.24, 2.45) is 0 Å². The van der Waals surface area contributed by atoms with Gasteiger partial charge in [-0.1, -0.05) is 11.6 Å². The number of carbonyl (C=O) groups is 1. The van der Waals surface area contributed by atoms with E-state index in [4.69, 9.17) is 16.0 Å². The fourth-order valence-electron chi connectivity index (χ4n) is 2.62. The van der Waals surface area contributed by atoms with Crippen molar-refractivity contribution in [1.82, 2.24) is 9.78 Å². The molecule has 0 saturated heterocycles. The number of carbonyl (C=O) groups excluding carboxylic acids is 1. The Hall–Kier alpha value is -2.53. The number of nitrogens with one attached hydrogen (secondary N) is 1. The van der Waals surface area contributed by atoms with E-state index >= 15 is 0 Å². The molecule has 0 saturated carbocycles. The summed E-state index contributed by atoms with van der Waals surface area (Å²) in [6, 6.07) is 9.17. The summed E-state index contributed by atoms with van der Waals surface area (Å²) in [5, 5.41) is 7.95. The topological polar surface area (TPSA) is 60.1 Å². The summed E-state index contributed by atoms with van der Waals surface area (Å²) < 4.78 is 7.18. The van der Waals surface area contributed by atoms with Crippen molar-refractivity contribution in [3.8, 4) is 5.69 Å². The van der Waals surface area contributed by atoms with Gasteiger partial charge >= 0.3 is 0 Å². The number of hydrogen-bond donors (Lipinski definition) is 1. The second-order valence-electron chi connectivity index (χ2n) is 5.72. The molecule has 0 aliphatic carbocycles. The minimum atomic E-state index is -0.189. The van der Waals surface area contributed by atoms with Gasteiger partial charge in [0.25, 0.3) is 5.91 Å². The average Bonchev–Trinajstić information content (AvgIpc) is 3.02. The van der Waals surface area contributed by atoms with Gasteiger partial charge in [-0.3, -0.25) is 4.79 Å². The molecule has 2 heterocycles. The second kappa shape index (κ2) is 6.17.